The van der Waals surface area contributed by atoms with Crippen LogP contribution >= 0.6 is 0 Å². The van der Waals surface area contributed by atoms with E-state index in [1.807, 2.05) is 64.1 Å². The first-order chi connectivity index (χ1) is 16.6. The summed E-state index contributed by atoms with van der Waals surface area (Å²) in [5, 5.41) is 6.13. The normalized spacial score (nSPS) is 11.2. The zero-order valence-corrected chi connectivity index (χ0v) is 21.0. The number of ketones is 1. The quantitative estimate of drug-likeness (QED) is 0.277. The molecule has 0 fully saturated rings. The Morgan fingerprint density at radius 3 is 2.20 bits per heavy atom. The Bertz CT molecular complexity index is 1240. The van der Waals surface area contributed by atoms with Crippen LogP contribution in [0, 0.1) is 6.92 Å². The van der Waals surface area contributed by atoms with Crippen LogP contribution < -0.4 is 16.2 Å². The highest BCUT2D eigenvalue weighted by Gasteiger charge is 2.18. The summed E-state index contributed by atoms with van der Waals surface area (Å²) in [6.45, 7) is 8.25. The third-order valence-electron chi connectivity index (χ3n) is 5.36. The number of benzene rings is 2. The fourth-order valence-electron chi connectivity index (χ4n) is 3.70. The third kappa shape index (κ3) is 6.90. The van der Waals surface area contributed by atoms with Gasteiger partial charge in [0, 0.05) is 18.7 Å². The number of hydrogen-bond donors (Lipinski definition) is 2. The van der Waals surface area contributed by atoms with Crippen LogP contribution in [-0.2, 0) is 16.0 Å². The van der Waals surface area contributed by atoms with Gasteiger partial charge in [0.1, 0.15) is 11.4 Å². The predicted octanol–water partition coefficient (Wildman–Crippen LogP) is 3.89. The van der Waals surface area contributed by atoms with Gasteiger partial charge >= 0.3 is 5.97 Å². The number of carbonyl (C=O) groups is 2. The molecule has 0 spiro atoms. The van der Waals surface area contributed by atoms with Gasteiger partial charge in [0.15, 0.2) is 5.78 Å². The van der Waals surface area contributed by atoms with E-state index < -0.39 is 5.60 Å². The van der Waals surface area contributed by atoms with Gasteiger partial charge in [-0.1, -0.05) is 42.0 Å². The van der Waals surface area contributed by atoms with Crippen molar-refractivity contribution < 1.29 is 14.3 Å². The summed E-state index contributed by atoms with van der Waals surface area (Å²) >= 11 is 0. The summed E-state index contributed by atoms with van der Waals surface area (Å²) in [6.07, 6.45) is 0.711. The van der Waals surface area contributed by atoms with Crippen LogP contribution in [0.5, 0.6) is 0 Å². The van der Waals surface area contributed by atoms with Crippen LogP contribution in [0.15, 0.2) is 65.5 Å². The van der Waals surface area contributed by atoms with E-state index in [9.17, 15) is 14.4 Å². The topological polar surface area (TPSA) is 89.4 Å². The number of nitrogens with one attached hydrogen (secondary N) is 2. The van der Waals surface area contributed by atoms with Gasteiger partial charge < -0.3 is 15.4 Å². The molecule has 7 heteroatoms. The first-order valence-corrected chi connectivity index (χ1v) is 11.7. The molecule has 3 rings (SSSR count). The largest absolute Gasteiger partial charge is 0.459 e. The van der Waals surface area contributed by atoms with Gasteiger partial charge in [-0.15, -0.1) is 0 Å². The van der Waals surface area contributed by atoms with Crippen LogP contribution in [0.3, 0.4) is 0 Å². The number of anilines is 1. The number of carbonyl (C=O) groups excluding carboxylic acids is 2. The zero-order chi connectivity index (χ0) is 25.6. The molecule has 0 radical (unpaired) electrons. The summed E-state index contributed by atoms with van der Waals surface area (Å²) in [6, 6.07) is 17.9. The Balaban J connectivity index is 1.74. The molecule has 2 aromatic carbocycles. The van der Waals surface area contributed by atoms with Gasteiger partial charge in [-0.3, -0.25) is 19.0 Å². The lowest BCUT2D eigenvalue weighted by Crippen LogP contribution is -2.32. The Labute approximate surface area is 206 Å². The summed E-state index contributed by atoms with van der Waals surface area (Å²) < 4.78 is 6.79. The number of hydrogen-bond acceptors (Lipinski definition) is 6. The van der Waals surface area contributed by atoms with Crippen LogP contribution in [0.2, 0.25) is 0 Å². The van der Waals surface area contributed by atoms with Crippen LogP contribution in [0.25, 0.3) is 5.69 Å². The van der Waals surface area contributed by atoms with Crippen molar-refractivity contribution in [2.24, 2.45) is 0 Å². The molecule has 0 aliphatic carbocycles. The van der Waals surface area contributed by atoms with Crippen molar-refractivity contribution in [1.82, 2.24) is 9.88 Å². The monoisotopic (exact) mass is 475 g/mol. The van der Waals surface area contributed by atoms with E-state index in [0.29, 0.717) is 35.6 Å². The van der Waals surface area contributed by atoms with E-state index in [0.717, 1.165) is 11.1 Å². The summed E-state index contributed by atoms with van der Waals surface area (Å²) in [7, 11) is 1.70. The maximum Gasteiger partial charge on any atom is 0.320 e. The molecule has 0 saturated heterocycles. The first kappa shape index (κ1) is 25.9. The Morgan fingerprint density at radius 2 is 1.60 bits per heavy atom. The van der Waals surface area contributed by atoms with Gasteiger partial charge in [0.2, 0.25) is 0 Å². The van der Waals surface area contributed by atoms with E-state index >= 15 is 0 Å². The highest BCUT2D eigenvalue weighted by molar-refractivity contribution is 6.12. The minimum Gasteiger partial charge on any atom is -0.459 e. The molecule has 0 atom stereocenters. The molecule has 1 aromatic heterocycles. The smallest absolute Gasteiger partial charge is 0.320 e. The summed E-state index contributed by atoms with van der Waals surface area (Å²) in [4.78, 5) is 37.7. The molecule has 184 valence electrons. The Kier molecular flexibility index (Phi) is 8.25. The van der Waals surface area contributed by atoms with Crippen molar-refractivity contribution in [1.29, 1.82) is 0 Å². The number of aromatic nitrogens is 1. The summed E-state index contributed by atoms with van der Waals surface area (Å²) in [5.41, 5.74) is 3.03. The fraction of sp³-hybridized carbons (Fsp3) is 0.321. The molecule has 0 saturated carbocycles. The molecule has 0 amide bonds. The molecule has 35 heavy (non-hydrogen) atoms. The molecule has 3 aromatic rings. The number of pyridine rings is 1. The van der Waals surface area contributed by atoms with Crippen LogP contribution in [0.4, 0.5) is 5.82 Å². The standard InChI is InChI=1S/C28H33N3O4/c1-19-6-10-21(11-7-19)26(34)23-14-15-24(32)31(27(23)29-5)22-12-8-20(9-13-22)16-17-30-18-25(33)35-28(2,3)4/h6-15,29-30H,16-18H2,1-5H3. The highest BCUT2D eigenvalue weighted by Crippen LogP contribution is 2.22. The average Bonchev–Trinajstić information content (AvgIpc) is 2.81. The lowest BCUT2D eigenvalue weighted by Gasteiger charge is -2.19. The van der Waals surface area contributed by atoms with Crippen LogP contribution in [0.1, 0.15) is 47.8 Å². The SMILES string of the molecule is CNc1c(C(=O)c2ccc(C)cc2)ccc(=O)n1-c1ccc(CCNCC(=O)OC(C)(C)C)cc1. The number of nitrogens with zero attached hydrogens (tertiary/aromatic N) is 1. The number of esters is 1. The molecule has 0 bridgehead atoms. The predicted molar refractivity (Wildman–Crippen MR) is 139 cm³/mol. The van der Waals surface area contributed by atoms with E-state index in [1.165, 1.54) is 10.6 Å². The van der Waals surface area contributed by atoms with Crippen molar-refractivity contribution in [3.8, 4) is 5.69 Å². The molecular formula is C28H33N3O4. The maximum absolute atomic E-state index is 13.2. The molecule has 2 N–H and O–H groups in total. The van der Waals surface area contributed by atoms with Gasteiger partial charge in [0.25, 0.3) is 5.56 Å². The molecule has 1 heterocycles. The van der Waals surface area contributed by atoms with Crippen molar-refractivity contribution in [2.75, 3.05) is 25.5 Å². The maximum atomic E-state index is 13.2. The van der Waals surface area contributed by atoms with Crippen LogP contribution in [-0.4, -0.2) is 42.1 Å². The van der Waals surface area contributed by atoms with Gasteiger partial charge in [-0.05, 0) is 64.4 Å². The molecule has 0 unspecified atom stereocenters. The third-order valence-corrected chi connectivity index (χ3v) is 5.36. The highest BCUT2D eigenvalue weighted by atomic mass is 16.6. The minimum absolute atomic E-state index is 0.151. The molecule has 7 nitrogen and oxygen atoms in total. The molecular weight excluding hydrogens is 442 g/mol. The number of ether oxygens (including phenoxy) is 1. The molecule has 0 aliphatic rings. The Morgan fingerprint density at radius 1 is 0.943 bits per heavy atom. The second-order valence-corrected chi connectivity index (χ2v) is 9.39. The second-order valence-electron chi connectivity index (χ2n) is 9.39. The van der Waals surface area contributed by atoms with Crippen molar-refractivity contribution in [3.05, 3.63) is 93.3 Å². The molecule has 0 aliphatic heterocycles. The Hall–Kier alpha value is -3.71. The number of aryl methyl sites for hydroxylation is 1. The fourth-order valence-corrected chi connectivity index (χ4v) is 3.70. The zero-order valence-electron chi connectivity index (χ0n) is 21.0. The average molecular weight is 476 g/mol. The lowest BCUT2D eigenvalue weighted by molar-refractivity contribution is -0.153. The van der Waals surface area contributed by atoms with Gasteiger partial charge in [-0.25, -0.2) is 0 Å². The van der Waals surface area contributed by atoms with Crippen molar-refractivity contribution in [3.63, 3.8) is 0 Å². The summed E-state index contributed by atoms with van der Waals surface area (Å²) in [5.74, 6) is -0.00230. The van der Waals surface area contributed by atoms with Crippen molar-refractivity contribution in [2.45, 2.75) is 39.7 Å². The van der Waals surface area contributed by atoms with Crippen molar-refractivity contribution >= 4 is 17.6 Å². The second kappa shape index (κ2) is 11.1. The van der Waals surface area contributed by atoms with Gasteiger partial charge in [-0.2, -0.15) is 0 Å². The minimum atomic E-state index is -0.499. The van der Waals surface area contributed by atoms with E-state index in [1.54, 1.807) is 25.2 Å². The number of rotatable bonds is 9. The van der Waals surface area contributed by atoms with E-state index in [2.05, 4.69) is 10.6 Å². The lowest BCUT2D eigenvalue weighted by atomic mass is 10.0. The first-order valence-electron chi connectivity index (χ1n) is 11.7. The van der Waals surface area contributed by atoms with E-state index in [-0.39, 0.29) is 23.9 Å². The van der Waals surface area contributed by atoms with Gasteiger partial charge in [0.05, 0.1) is 17.8 Å². The van der Waals surface area contributed by atoms with E-state index in [4.69, 9.17) is 4.74 Å².